The lowest BCUT2D eigenvalue weighted by Crippen LogP contribution is -2.28. The van der Waals surface area contributed by atoms with Crippen molar-refractivity contribution in [2.24, 2.45) is 0 Å². The average molecular weight is 843 g/mol. The molecule has 10 aromatic carbocycles. The van der Waals surface area contributed by atoms with Gasteiger partial charge >= 0.3 is 0 Å². The zero-order chi connectivity index (χ0) is 44.0. The maximum absolute atomic E-state index is 2.46. The molecule has 0 saturated carbocycles. The van der Waals surface area contributed by atoms with Crippen molar-refractivity contribution in [3.05, 3.63) is 276 Å². The highest BCUT2D eigenvalue weighted by atomic mass is 15.1. The van der Waals surface area contributed by atoms with E-state index in [2.05, 4.69) is 266 Å². The van der Waals surface area contributed by atoms with Gasteiger partial charge in [0.15, 0.2) is 0 Å². The minimum absolute atomic E-state index is 0.0831. The lowest BCUT2D eigenvalue weighted by Gasteiger charge is -2.34. The van der Waals surface area contributed by atoms with Crippen LogP contribution in [0.4, 0.5) is 17.1 Å². The van der Waals surface area contributed by atoms with Crippen molar-refractivity contribution >= 4 is 38.9 Å². The van der Waals surface area contributed by atoms with Crippen LogP contribution in [-0.2, 0) is 10.8 Å². The fourth-order valence-electron chi connectivity index (χ4n) is 11.7. The molecule has 0 bridgehead atoms. The van der Waals surface area contributed by atoms with E-state index in [0.717, 1.165) is 22.7 Å². The molecule has 0 unspecified atom stereocenters. The Hall–Kier alpha value is -8.20. The van der Waals surface area contributed by atoms with Crippen molar-refractivity contribution < 1.29 is 0 Å². The first-order valence-electron chi connectivity index (χ1n) is 23.1. The monoisotopic (exact) mass is 842 g/mol. The van der Waals surface area contributed by atoms with Gasteiger partial charge in [-0.15, -0.1) is 0 Å². The predicted octanol–water partition coefficient (Wildman–Crippen LogP) is 16.6. The molecule has 66 heavy (non-hydrogen) atoms. The zero-order valence-corrected chi connectivity index (χ0v) is 37.0. The van der Waals surface area contributed by atoms with Crippen LogP contribution in [0.25, 0.3) is 60.9 Å². The van der Waals surface area contributed by atoms with Gasteiger partial charge in [-0.25, -0.2) is 0 Å². The van der Waals surface area contributed by atoms with Gasteiger partial charge in [0.05, 0.1) is 16.4 Å². The zero-order valence-electron chi connectivity index (χ0n) is 37.0. The summed E-state index contributed by atoms with van der Waals surface area (Å²) in [6, 6.07) is 90.0. The van der Waals surface area contributed by atoms with E-state index in [1.165, 1.54) is 88.6 Å². The van der Waals surface area contributed by atoms with E-state index in [0.29, 0.717) is 0 Å². The molecule has 2 aliphatic rings. The lowest BCUT2D eigenvalue weighted by molar-refractivity contribution is 0.660. The molecule has 0 spiro atoms. The van der Waals surface area contributed by atoms with E-state index in [-0.39, 0.29) is 5.41 Å². The molecule has 0 atom stereocenters. The molecular formula is C64H46N2. The molecule has 2 heteroatoms. The lowest BCUT2D eigenvalue weighted by atomic mass is 9.68. The number of anilines is 3. The van der Waals surface area contributed by atoms with Gasteiger partial charge in [-0.2, -0.15) is 0 Å². The molecule has 2 nitrogen and oxygen atoms in total. The summed E-state index contributed by atoms with van der Waals surface area (Å²) in [5.41, 5.74) is 21.8. The standard InChI is InChI=1S/C64H46N2/c1-63(2)57-28-13-9-24-51(57)55-41-49(36-38-58(55)63)65(47-34-32-43(33-35-47)44-18-17-23-48(40-44)66-61-30-15-11-26-53(61)54-27-12-16-31-62(54)66)50-37-39-60-56(42-50)52-25-10-14-29-59(52)64(60,45-19-5-3-6-20-45)46-21-7-4-8-22-46/h3-42H,1-2H3. The molecule has 312 valence electrons. The summed E-state index contributed by atoms with van der Waals surface area (Å²) in [6.45, 7) is 4.71. The second-order valence-corrected chi connectivity index (χ2v) is 18.5. The Balaban J connectivity index is 0.976. The third kappa shape index (κ3) is 5.55. The van der Waals surface area contributed by atoms with Gasteiger partial charge in [0.2, 0.25) is 0 Å². The summed E-state index contributed by atoms with van der Waals surface area (Å²) in [6.07, 6.45) is 0. The normalized spacial score (nSPS) is 13.8. The molecule has 0 radical (unpaired) electrons. The van der Waals surface area contributed by atoms with E-state index < -0.39 is 5.41 Å². The van der Waals surface area contributed by atoms with Crippen molar-refractivity contribution in [1.82, 2.24) is 4.57 Å². The van der Waals surface area contributed by atoms with Gasteiger partial charge in [0.1, 0.15) is 0 Å². The van der Waals surface area contributed by atoms with Crippen LogP contribution in [0.15, 0.2) is 243 Å². The maximum Gasteiger partial charge on any atom is 0.0713 e. The van der Waals surface area contributed by atoms with E-state index in [1.54, 1.807) is 0 Å². The predicted molar refractivity (Wildman–Crippen MR) is 276 cm³/mol. The van der Waals surface area contributed by atoms with Gasteiger partial charge in [-0.05, 0) is 127 Å². The Labute approximate surface area is 386 Å². The van der Waals surface area contributed by atoms with Gasteiger partial charge in [0, 0.05) is 38.9 Å². The summed E-state index contributed by atoms with van der Waals surface area (Å²) in [4.78, 5) is 2.46. The number of rotatable bonds is 7. The minimum Gasteiger partial charge on any atom is -0.310 e. The molecule has 11 aromatic rings. The van der Waals surface area contributed by atoms with Crippen molar-refractivity contribution in [1.29, 1.82) is 0 Å². The number of nitrogens with zero attached hydrogens (tertiary/aromatic N) is 2. The molecule has 13 rings (SSSR count). The van der Waals surface area contributed by atoms with Crippen LogP contribution in [0.1, 0.15) is 47.2 Å². The Kier molecular flexibility index (Phi) is 8.51. The first kappa shape index (κ1) is 38.3. The number of fused-ring (bicyclic) bond motifs is 9. The highest BCUT2D eigenvalue weighted by Crippen LogP contribution is 2.58. The smallest absolute Gasteiger partial charge is 0.0713 e. The molecular weight excluding hydrogens is 797 g/mol. The van der Waals surface area contributed by atoms with Crippen molar-refractivity contribution in [3.8, 4) is 39.1 Å². The van der Waals surface area contributed by atoms with E-state index >= 15 is 0 Å². The third-order valence-corrected chi connectivity index (χ3v) is 14.7. The van der Waals surface area contributed by atoms with Crippen LogP contribution in [0.5, 0.6) is 0 Å². The SMILES string of the molecule is CC1(C)c2ccccc2-c2cc(N(c3ccc(-c4cccc(-n5c6ccccc6c6ccccc65)c4)cc3)c3ccc4c(c3)-c3ccccc3C4(c3ccccc3)c3ccccc3)ccc21. The second kappa shape index (κ2) is 14.7. The Morgan fingerprint density at radius 1 is 0.333 bits per heavy atom. The Morgan fingerprint density at radius 2 is 0.803 bits per heavy atom. The largest absolute Gasteiger partial charge is 0.310 e. The van der Waals surface area contributed by atoms with Crippen LogP contribution in [0.2, 0.25) is 0 Å². The molecule has 0 amide bonds. The number of benzene rings is 10. The van der Waals surface area contributed by atoms with Crippen LogP contribution >= 0.6 is 0 Å². The number of para-hydroxylation sites is 2. The summed E-state index contributed by atoms with van der Waals surface area (Å²) in [5.74, 6) is 0. The van der Waals surface area contributed by atoms with E-state index in [4.69, 9.17) is 0 Å². The molecule has 0 fully saturated rings. The number of aromatic nitrogens is 1. The summed E-state index contributed by atoms with van der Waals surface area (Å²) >= 11 is 0. The summed E-state index contributed by atoms with van der Waals surface area (Å²) in [5, 5.41) is 2.53. The molecule has 2 aliphatic carbocycles. The average Bonchev–Trinajstić information content (AvgIpc) is 3.96. The highest BCUT2D eigenvalue weighted by Gasteiger charge is 2.46. The first-order chi connectivity index (χ1) is 32.5. The van der Waals surface area contributed by atoms with E-state index in [1.807, 2.05) is 0 Å². The van der Waals surface area contributed by atoms with Gasteiger partial charge < -0.3 is 9.47 Å². The van der Waals surface area contributed by atoms with Gasteiger partial charge in [0.25, 0.3) is 0 Å². The third-order valence-electron chi connectivity index (χ3n) is 14.7. The van der Waals surface area contributed by atoms with Crippen molar-refractivity contribution in [2.45, 2.75) is 24.7 Å². The fraction of sp³-hybridized carbons (Fsp3) is 0.0625. The topological polar surface area (TPSA) is 8.17 Å². The van der Waals surface area contributed by atoms with E-state index in [9.17, 15) is 0 Å². The van der Waals surface area contributed by atoms with Crippen molar-refractivity contribution in [3.63, 3.8) is 0 Å². The quantitative estimate of drug-likeness (QED) is 0.155. The molecule has 0 aliphatic heterocycles. The van der Waals surface area contributed by atoms with Gasteiger partial charge in [-0.3, -0.25) is 0 Å². The Bertz CT molecular complexity index is 3580. The summed E-state index contributed by atoms with van der Waals surface area (Å²) < 4.78 is 2.40. The fourth-order valence-corrected chi connectivity index (χ4v) is 11.7. The highest BCUT2D eigenvalue weighted by molar-refractivity contribution is 6.09. The maximum atomic E-state index is 2.46. The minimum atomic E-state index is -0.462. The Morgan fingerprint density at radius 3 is 1.44 bits per heavy atom. The molecule has 0 N–H and O–H groups in total. The number of hydrogen-bond acceptors (Lipinski definition) is 1. The van der Waals surface area contributed by atoms with Crippen LogP contribution < -0.4 is 4.90 Å². The van der Waals surface area contributed by atoms with Crippen molar-refractivity contribution in [2.75, 3.05) is 4.90 Å². The molecule has 1 heterocycles. The number of hydrogen-bond donors (Lipinski definition) is 0. The summed E-state index contributed by atoms with van der Waals surface area (Å²) in [7, 11) is 0. The molecule has 1 aromatic heterocycles. The first-order valence-corrected chi connectivity index (χ1v) is 23.1. The van der Waals surface area contributed by atoms with Crippen LogP contribution in [0, 0.1) is 0 Å². The van der Waals surface area contributed by atoms with Crippen LogP contribution in [0.3, 0.4) is 0 Å². The van der Waals surface area contributed by atoms with Gasteiger partial charge in [-0.1, -0.05) is 196 Å². The van der Waals surface area contributed by atoms with Crippen LogP contribution in [-0.4, -0.2) is 4.57 Å². The molecule has 0 saturated heterocycles. The second-order valence-electron chi connectivity index (χ2n) is 18.5.